The van der Waals surface area contributed by atoms with Crippen LogP contribution in [0.25, 0.3) is 0 Å². The van der Waals surface area contributed by atoms with Gasteiger partial charge in [0.1, 0.15) is 11.9 Å². The van der Waals surface area contributed by atoms with Crippen LogP contribution < -0.4 is 10.1 Å². The fraction of sp³-hybridized carbons (Fsp3) is 0.667. The summed E-state index contributed by atoms with van der Waals surface area (Å²) < 4.78 is 6.13. The van der Waals surface area contributed by atoms with E-state index in [2.05, 4.69) is 57.3 Å². The van der Waals surface area contributed by atoms with Crippen LogP contribution in [0.1, 0.15) is 46.1 Å². The zero-order valence-electron chi connectivity index (χ0n) is 13.4. The quantitative estimate of drug-likeness (QED) is 0.758. The second-order valence-electron chi connectivity index (χ2n) is 6.74. The molecule has 20 heavy (non-hydrogen) atoms. The monoisotopic (exact) mass is 275 g/mol. The van der Waals surface area contributed by atoms with Crippen molar-refractivity contribution in [3.8, 4) is 5.75 Å². The van der Waals surface area contributed by atoms with Gasteiger partial charge in [0.25, 0.3) is 0 Å². The van der Waals surface area contributed by atoms with Crippen LogP contribution in [-0.4, -0.2) is 19.2 Å². The van der Waals surface area contributed by atoms with Crippen LogP contribution in [-0.2, 0) is 6.42 Å². The van der Waals surface area contributed by atoms with Gasteiger partial charge in [-0.05, 0) is 42.3 Å². The zero-order valence-corrected chi connectivity index (χ0v) is 13.4. The summed E-state index contributed by atoms with van der Waals surface area (Å²) >= 11 is 0. The topological polar surface area (TPSA) is 21.3 Å². The van der Waals surface area contributed by atoms with E-state index in [1.165, 1.54) is 12.0 Å². The molecule has 0 aliphatic carbocycles. The van der Waals surface area contributed by atoms with E-state index in [1.54, 1.807) is 0 Å². The van der Waals surface area contributed by atoms with Gasteiger partial charge < -0.3 is 10.1 Å². The molecule has 1 aromatic carbocycles. The Labute approximate surface area is 123 Å². The van der Waals surface area contributed by atoms with Crippen molar-refractivity contribution in [1.29, 1.82) is 0 Å². The van der Waals surface area contributed by atoms with Gasteiger partial charge in [0.05, 0.1) is 0 Å². The molecule has 0 radical (unpaired) electrons. The molecule has 0 saturated heterocycles. The Bertz CT molecular complexity index is 404. The molecule has 0 aromatic heterocycles. The summed E-state index contributed by atoms with van der Waals surface area (Å²) in [6, 6.07) is 8.45. The summed E-state index contributed by atoms with van der Waals surface area (Å²) in [5.74, 6) is 1.74. The number of rotatable bonds is 7. The van der Waals surface area contributed by atoms with Crippen molar-refractivity contribution in [1.82, 2.24) is 5.32 Å². The van der Waals surface area contributed by atoms with Gasteiger partial charge in [-0.1, -0.05) is 45.9 Å². The lowest BCUT2D eigenvalue weighted by Crippen LogP contribution is -2.40. The maximum atomic E-state index is 6.13. The van der Waals surface area contributed by atoms with Crippen LogP contribution in [0.15, 0.2) is 24.3 Å². The van der Waals surface area contributed by atoms with E-state index >= 15 is 0 Å². The van der Waals surface area contributed by atoms with Gasteiger partial charge in [0, 0.05) is 13.0 Å². The van der Waals surface area contributed by atoms with Crippen molar-refractivity contribution >= 4 is 0 Å². The fourth-order valence-electron chi connectivity index (χ4n) is 2.95. The number of nitrogens with one attached hydrogen (secondary N) is 1. The number of fused-ring (bicyclic) bond motifs is 1. The molecule has 0 fully saturated rings. The lowest BCUT2D eigenvalue weighted by molar-refractivity contribution is 0.106. The molecule has 112 valence electrons. The molecule has 2 heteroatoms. The first kappa shape index (κ1) is 15.4. The summed E-state index contributed by atoms with van der Waals surface area (Å²) in [7, 11) is 0. The van der Waals surface area contributed by atoms with Crippen molar-refractivity contribution < 1.29 is 4.74 Å². The molecule has 1 heterocycles. The molecule has 1 N–H and O–H groups in total. The van der Waals surface area contributed by atoms with E-state index < -0.39 is 0 Å². The van der Waals surface area contributed by atoms with E-state index in [1.807, 2.05) is 0 Å². The Balaban J connectivity index is 1.96. The van der Waals surface area contributed by atoms with Crippen LogP contribution >= 0.6 is 0 Å². The molecular weight excluding hydrogens is 246 g/mol. The van der Waals surface area contributed by atoms with Crippen LogP contribution in [0.4, 0.5) is 0 Å². The predicted octanol–water partition coefficient (Wildman–Crippen LogP) is 4.04. The first-order valence-electron chi connectivity index (χ1n) is 8.00. The average Bonchev–Trinajstić information content (AvgIpc) is 2.80. The van der Waals surface area contributed by atoms with Crippen LogP contribution in [0.5, 0.6) is 5.75 Å². The maximum absolute atomic E-state index is 6.13. The number of benzene rings is 1. The molecule has 0 saturated carbocycles. The first-order chi connectivity index (χ1) is 9.55. The number of para-hydroxylation sites is 1. The predicted molar refractivity (Wildman–Crippen MR) is 85.3 cm³/mol. The standard InChI is InChI=1S/C18H29NO/c1-5-10-19-13-18(4,14(2)3)12-16-11-15-8-6-7-9-17(15)20-16/h6-9,14,16,19H,5,10-13H2,1-4H3. The molecule has 0 bridgehead atoms. The van der Waals surface area contributed by atoms with Gasteiger partial charge >= 0.3 is 0 Å². The fourth-order valence-corrected chi connectivity index (χ4v) is 2.95. The molecule has 2 atom stereocenters. The van der Waals surface area contributed by atoms with Crippen LogP contribution in [0.2, 0.25) is 0 Å². The summed E-state index contributed by atoms with van der Waals surface area (Å²) in [5.41, 5.74) is 1.66. The number of ether oxygens (including phenoxy) is 1. The van der Waals surface area contributed by atoms with Crippen molar-refractivity contribution in [2.75, 3.05) is 13.1 Å². The molecular formula is C18H29NO. The number of hydrogen-bond acceptors (Lipinski definition) is 2. The highest BCUT2D eigenvalue weighted by Crippen LogP contribution is 2.37. The molecule has 2 rings (SSSR count). The summed E-state index contributed by atoms with van der Waals surface area (Å²) in [4.78, 5) is 0. The average molecular weight is 275 g/mol. The SMILES string of the molecule is CCCNCC(C)(CC1Cc2ccccc2O1)C(C)C. The second kappa shape index (κ2) is 6.62. The largest absolute Gasteiger partial charge is 0.490 e. The van der Waals surface area contributed by atoms with E-state index in [9.17, 15) is 0 Å². The van der Waals surface area contributed by atoms with E-state index in [0.717, 1.165) is 31.7 Å². The van der Waals surface area contributed by atoms with E-state index in [0.29, 0.717) is 17.4 Å². The second-order valence-corrected chi connectivity index (χ2v) is 6.74. The first-order valence-corrected chi connectivity index (χ1v) is 8.00. The van der Waals surface area contributed by atoms with Gasteiger partial charge in [-0.2, -0.15) is 0 Å². The Morgan fingerprint density at radius 1 is 1.35 bits per heavy atom. The van der Waals surface area contributed by atoms with Gasteiger partial charge in [-0.25, -0.2) is 0 Å². The Kier molecular flexibility index (Phi) is 5.09. The Morgan fingerprint density at radius 3 is 2.75 bits per heavy atom. The summed E-state index contributed by atoms with van der Waals surface area (Å²) in [5, 5.41) is 3.60. The summed E-state index contributed by atoms with van der Waals surface area (Å²) in [6.45, 7) is 11.5. The third-order valence-corrected chi connectivity index (χ3v) is 4.76. The highest BCUT2D eigenvalue weighted by atomic mass is 16.5. The van der Waals surface area contributed by atoms with Crippen molar-refractivity contribution in [3.63, 3.8) is 0 Å². The van der Waals surface area contributed by atoms with E-state index in [4.69, 9.17) is 4.74 Å². The molecule has 2 nitrogen and oxygen atoms in total. The van der Waals surface area contributed by atoms with Gasteiger partial charge in [-0.15, -0.1) is 0 Å². The Morgan fingerprint density at radius 2 is 2.10 bits per heavy atom. The lowest BCUT2D eigenvalue weighted by Gasteiger charge is -2.36. The third-order valence-electron chi connectivity index (χ3n) is 4.76. The minimum Gasteiger partial charge on any atom is -0.490 e. The minimum absolute atomic E-state index is 0.294. The zero-order chi connectivity index (χ0) is 14.6. The molecule has 1 aliphatic rings. The smallest absolute Gasteiger partial charge is 0.123 e. The Hall–Kier alpha value is -1.02. The van der Waals surface area contributed by atoms with Gasteiger partial charge in [0.2, 0.25) is 0 Å². The van der Waals surface area contributed by atoms with E-state index in [-0.39, 0.29) is 0 Å². The highest BCUT2D eigenvalue weighted by Gasteiger charge is 2.34. The van der Waals surface area contributed by atoms with Crippen molar-refractivity contribution in [3.05, 3.63) is 29.8 Å². The minimum atomic E-state index is 0.294. The van der Waals surface area contributed by atoms with Crippen LogP contribution in [0.3, 0.4) is 0 Å². The molecule has 0 spiro atoms. The normalized spacial score (nSPS) is 20.6. The van der Waals surface area contributed by atoms with Gasteiger partial charge in [0.15, 0.2) is 0 Å². The molecule has 0 amide bonds. The van der Waals surface area contributed by atoms with Crippen molar-refractivity contribution in [2.45, 2.75) is 53.1 Å². The summed E-state index contributed by atoms with van der Waals surface area (Å²) in [6.07, 6.45) is 3.71. The van der Waals surface area contributed by atoms with Gasteiger partial charge in [-0.3, -0.25) is 0 Å². The van der Waals surface area contributed by atoms with Crippen molar-refractivity contribution in [2.24, 2.45) is 11.3 Å². The molecule has 2 unspecified atom stereocenters. The number of hydrogen-bond donors (Lipinski definition) is 1. The highest BCUT2D eigenvalue weighted by molar-refractivity contribution is 5.37. The lowest BCUT2D eigenvalue weighted by atomic mass is 9.74. The maximum Gasteiger partial charge on any atom is 0.123 e. The third kappa shape index (κ3) is 3.54. The van der Waals surface area contributed by atoms with Crippen LogP contribution in [0, 0.1) is 11.3 Å². The molecule has 1 aliphatic heterocycles. The molecule has 1 aromatic rings.